The van der Waals surface area contributed by atoms with Crippen molar-refractivity contribution in [3.05, 3.63) is 30.1 Å². The summed E-state index contributed by atoms with van der Waals surface area (Å²) >= 11 is 1.02. The Morgan fingerprint density at radius 2 is 1.82 bits per heavy atom. The molecule has 6 nitrogen and oxygen atoms in total. The van der Waals surface area contributed by atoms with Gasteiger partial charge in [0.25, 0.3) is 0 Å². The molecule has 0 aliphatic carbocycles. The van der Waals surface area contributed by atoms with Gasteiger partial charge in [0, 0.05) is 11.3 Å². The van der Waals surface area contributed by atoms with E-state index >= 15 is 0 Å². The monoisotopic (exact) mass is 328 g/mol. The number of hydrogen-bond donors (Lipinski definition) is 2. The molecule has 0 unspecified atom stereocenters. The first-order valence-electron chi connectivity index (χ1n) is 6.63. The maximum Gasteiger partial charge on any atom is 0.306 e. The fourth-order valence-electron chi connectivity index (χ4n) is 1.39. The fourth-order valence-corrected chi connectivity index (χ4v) is 2.13. The zero-order chi connectivity index (χ0) is 16.4. The minimum absolute atomic E-state index is 0.0426. The Balaban J connectivity index is 2.21. The first-order valence-corrected chi connectivity index (χ1v) is 7.62. The van der Waals surface area contributed by atoms with Crippen LogP contribution in [0.2, 0.25) is 0 Å². The van der Waals surface area contributed by atoms with Gasteiger partial charge in [-0.3, -0.25) is 25.2 Å². The van der Waals surface area contributed by atoms with Crippen LogP contribution in [-0.4, -0.2) is 30.1 Å². The number of amides is 2. The summed E-state index contributed by atoms with van der Waals surface area (Å²) in [5, 5.41) is 0. The second-order valence-electron chi connectivity index (χ2n) is 4.12. The molecule has 8 heteroatoms. The molecule has 0 heterocycles. The van der Waals surface area contributed by atoms with Crippen molar-refractivity contribution in [2.45, 2.75) is 24.7 Å². The third-order valence-electron chi connectivity index (χ3n) is 2.40. The molecule has 120 valence electrons. The summed E-state index contributed by atoms with van der Waals surface area (Å²) in [6.45, 7) is 1.93. The van der Waals surface area contributed by atoms with E-state index in [9.17, 15) is 18.8 Å². The van der Waals surface area contributed by atoms with Crippen molar-refractivity contribution < 1.29 is 23.5 Å². The van der Waals surface area contributed by atoms with Gasteiger partial charge in [-0.1, -0.05) is 12.1 Å². The van der Waals surface area contributed by atoms with Crippen LogP contribution in [0.25, 0.3) is 0 Å². The number of thioether (sulfide) groups is 1. The highest BCUT2D eigenvalue weighted by Crippen LogP contribution is 2.20. The smallest absolute Gasteiger partial charge is 0.306 e. The lowest BCUT2D eigenvalue weighted by Crippen LogP contribution is -2.42. The highest BCUT2D eigenvalue weighted by atomic mass is 32.2. The number of halogens is 1. The number of ether oxygens (including phenoxy) is 1. The Kier molecular flexibility index (Phi) is 7.98. The van der Waals surface area contributed by atoms with Crippen LogP contribution in [0.5, 0.6) is 0 Å². The summed E-state index contributed by atoms with van der Waals surface area (Å²) in [5.41, 5.74) is 4.37. The number of carbonyl (C=O) groups is 3. The minimum atomic E-state index is -0.503. The number of benzene rings is 1. The SMILES string of the molecule is CCOC(=O)CCC(=O)NNC(=O)CSc1ccccc1F. The maximum atomic E-state index is 13.3. The van der Waals surface area contributed by atoms with Gasteiger partial charge in [-0.2, -0.15) is 0 Å². The van der Waals surface area contributed by atoms with Crippen molar-refractivity contribution in [2.24, 2.45) is 0 Å². The summed E-state index contributed by atoms with van der Waals surface area (Å²) in [6, 6.07) is 6.09. The van der Waals surface area contributed by atoms with Gasteiger partial charge < -0.3 is 4.74 Å². The number of carbonyl (C=O) groups excluding carboxylic acids is 3. The van der Waals surface area contributed by atoms with E-state index in [2.05, 4.69) is 15.6 Å². The lowest BCUT2D eigenvalue weighted by atomic mass is 10.3. The molecule has 0 spiro atoms. The van der Waals surface area contributed by atoms with E-state index in [0.29, 0.717) is 4.90 Å². The van der Waals surface area contributed by atoms with Gasteiger partial charge >= 0.3 is 5.97 Å². The van der Waals surface area contributed by atoms with E-state index in [-0.39, 0.29) is 25.2 Å². The van der Waals surface area contributed by atoms with E-state index in [4.69, 9.17) is 0 Å². The summed E-state index contributed by atoms with van der Waals surface area (Å²) < 4.78 is 18.0. The quantitative estimate of drug-likeness (QED) is 0.449. The predicted molar refractivity (Wildman–Crippen MR) is 79.3 cm³/mol. The third kappa shape index (κ3) is 7.07. The molecule has 0 atom stereocenters. The van der Waals surface area contributed by atoms with Crippen molar-refractivity contribution in [3.8, 4) is 0 Å². The molecule has 0 saturated carbocycles. The molecule has 0 aliphatic heterocycles. The molecule has 22 heavy (non-hydrogen) atoms. The average molecular weight is 328 g/mol. The molecule has 1 aromatic rings. The van der Waals surface area contributed by atoms with Crippen molar-refractivity contribution >= 4 is 29.5 Å². The van der Waals surface area contributed by atoms with E-state index in [1.807, 2.05) is 0 Å². The zero-order valence-electron chi connectivity index (χ0n) is 12.1. The number of hydrogen-bond acceptors (Lipinski definition) is 5. The van der Waals surface area contributed by atoms with Crippen LogP contribution in [0.3, 0.4) is 0 Å². The van der Waals surface area contributed by atoms with Gasteiger partial charge in [0.1, 0.15) is 5.82 Å². The van der Waals surface area contributed by atoms with Crippen molar-refractivity contribution in [1.82, 2.24) is 10.9 Å². The molecule has 0 aliphatic rings. The maximum absolute atomic E-state index is 13.3. The Hall–Kier alpha value is -2.09. The molecule has 0 radical (unpaired) electrons. The Labute approximate surface area is 131 Å². The van der Waals surface area contributed by atoms with Crippen molar-refractivity contribution in [3.63, 3.8) is 0 Å². The number of esters is 1. The molecular formula is C14H17FN2O4S. The van der Waals surface area contributed by atoms with Gasteiger partial charge in [0.2, 0.25) is 11.8 Å². The summed E-state index contributed by atoms with van der Waals surface area (Å²) in [5.74, 6) is -1.90. The molecule has 0 fully saturated rings. The molecule has 1 aromatic carbocycles. The standard InChI is InChI=1S/C14H17FN2O4S/c1-2-21-14(20)8-7-12(18)16-17-13(19)9-22-11-6-4-3-5-10(11)15/h3-6H,2,7-9H2,1H3,(H,16,18)(H,17,19). The van der Waals surface area contributed by atoms with Gasteiger partial charge in [-0.25, -0.2) is 4.39 Å². The lowest BCUT2D eigenvalue weighted by Gasteiger charge is -2.07. The lowest BCUT2D eigenvalue weighted by molar-refractivity contribution is -0.144. The molecule has 0 bridgehead atoms. The minimum Gasteiger partial charge on any atom is -0.466 e. The summed E-state index contributed by atoms with van der Waals surface area (Å²) in [6.07, 6.45) is -0.140. The predicted octanol–water partition coefficient (Wildman–Crippen LogP) is 1.41. The molecule has 1 rings (SSSR count). The van der Waals surface area contributed by atoms with Crippen LogP contribution in [0.4, 0.5) is 4.39 Å². The van der Waals surface area contributed by atoms with Crippen molar-refractivity contribution in [2.75, 3.05) is 12.4 Å². The summed E-state index contributed by atoms with van der Waals surface area (Å²) in [4.78, 5) is 34.3. The highest BCUT2D eigenvalue weighted by molar-refractivity contribution is 8.00. The van der Waals surface area contributed by atoms with Crippen LogP contribution < -0.4 is 10.9 Å². The summed E-state index contributed by atoms with van der Waals surface area (Å²) in [7, 11) is 0. The Morgan fingerprint density at radius 3 is 2.50 bits per heavy atom. The normalized spacial score (nSPS) is 9.91. The number of nitrogens with one attached hydrogen (secondary N) is 2. The molecule has 0 aromatic heterocycles. The topological polar surface area (TPSA) is 84.5 Å². The van der Waals surface area contributed by atoms with E-state index in [1.165, 1.54) is 6.07 Å². The first kappa shape index (κ1) is 18.0. The van der Waals surface area contributed by atoms with E-state index in [1.54, 1.807) is 25.1 Å². The number of rotatable bonds is 7. The van der Waals surface area contributed by atoms with Crippen LogP contribution in [0.15, 0.2) is 29.2 Å². The molecule has 2 amide bonds. The molecular weight excluding hydrogens is 311 g/mol. The van der Waals surface area contributed by atoms with Gasteiger partial charge in [0.15, 0.2) is 0 Å². The van der Waals surface area contributed by atoms with Crippen LogP contribution in [-0.2, 0) is 19.1 Å². The Bertz CT molecular complexity index is 539. The van der Waals surface area contributed by atoms with Crippen LogP contribution in [0, 0.1) is 5.82 Å². The van der Waals surface area contributed by atoms with E-state index < -0.39 is 23.6 Å². The van der Waals surface area contributed by atoms with Crippen molar-refractivity contribution in [1.29, 1.82) is 0 Å². The molecule has 2 N–H and O–H groups in total. The third-order valence-corrected chi connectivity index (χ3v) is 3.45. The second kappa shape index (κ2) is 9.78. The van der Waals surface area contributed by atoms with Gasteiger partial charge in [0.05, 0.1) is 18.8 Å². The molecule has 0 saturated heterocycles. The highest BCUT2D eigenvalue weighted by Gasteiger charge is 2.09. The first-order chi connectivity index (χ1) is 10.5. The fraction of sp³-hybridized carbons (Fsp3) is 0.357. The largest absolute Gasteiger partial charge is 0.466 e. The second-order valence-corrected chi connectivity index (χ2v) is 5.14. The van der Waals surface area contributed by atoms with E-state index in [0.717, 1.165) is 11.8 Å². The van der Waals surface area contributed by atoms with Crippen LogP contribution >= 0.6 is 11.8 Å². The average Bonchev–Trinajstić information content (AvgIpc) is 2.50. The van der Waals surface area contributed by atoms with Gasteiger partial charge in [-0.15, -0.1) is 11.8 Å². The Morgan fingerprint density at radius 1 is 1.14 bits per heavy atom. The van der Waals surface area contributed by atoms with Crippen LogP contribution in [0.1, 0.15) is 19.8 Å². The zero-order valence-corrected chi connectivity index (χ0v) is 12.9. The number of hydrazine groups is 1. The van der Waals surface area contributed by atoms with Gasteiger partial charge in [-0.05, 0) is 19.1 Å².